The third-order valence-electron chi connectivity index (χ3n) is 13.2. The second-order valence-corrected chi connectivity index (χ2v) is 18.0. The summed E-state index contributed by atoms with van der Waals surface area (Å²) in [6, 6.07) is 9.10. The van der Waals surface area contributed by atoms with Gasteiger partial charge in [-0.15, -0.1) is 0 Å². The molecule has 1 atom stereocenters. The first-order chi connectivity index (χ1) is 30.4. The molecule has 0 radical (unpaired) electrons. The SMILES string of the molecule is CNC(=O)COc1cc2cc(Nc3nc(N4CCC(OC5CC(N6CCC(c7cc8c(cn7)C(=O)N([C@@H]7CCC(=O)NC7=O)C8)CC6)C5)CC4)ncc3Cl)ccc2n(C(C)C)c1=O. The van der Waals surface area contributed by atoms with Gasteiger partial charge in [-0.25, -0.2) is 4.98 Å². The molecule has 1 aromatic carbocycles. The fourth-order valence-corrected chi connectivity index (χ4v) is 9.78. The molecule has 4 aromatic rings. The van der Waals surface area contributed by atoms with Crippen molar-refractivity contribution in [3.8, 4) is 5.75 Å². The summed E-state index contributed by atoms with van der Waals surface area (Å²) in [6.45, 7) is 7.46. The number of amides is 4. The molecule has 7 heterocycles. The Morgan fingerprint density at radius 1 is 0.952 bits per heavy atom. The summed E-state index contributed by atoms with van der Waals surface area (Å²) in [5.41, 5.74) is 3.62. The lowest BCUT2D eigenvalue weighted by molar-refractivity contribution is -0.137. The molecule has 0 bridgehead atoms. The second kappa shape index (κ2) is 17.8. The highest BCUT2D eigenvalue weighted by Crippen LogP contribution is 2.37. The molecular weight excluding hydrogens is 828 g/mol. The van der Waals surface area contributed by atoms with Crippen molar-refractivity contribution in [2.75, 3.05) is 50.1 Å². The topological polar surface area (TPSA) is 193 Å². The number of pyridine rings is 2. The molecule has 17 nitrogen and oxygen atoms in total. The van der Waals surface area contributed by atoms with Crippen LogP contribution < -0.4 is 31.1 Å². The Morgan fingerprint density at radius 2 is 1.73 bits per heavy atom. The fraction of sp³-hybridized carbons (Fsp3) is 0.511. The lowest BCUT2D eigenvalue weighted by Crippen LogP contribution is -2.52. The zero-order chi connectivity index (χ0) is 43.9. The molecule has 1 saturated carbocycles. The number of piperidine rings is 3. The minimum Gasteiger partial charge on any atom is -0.478 e. The highest BCUT2D eigenvalue weighted by molar-refractivity contribution is 6.33. The van der Waals surface area contributed by atoms with E-state index in [0.29, 0.717) is 53.0 Å². The number of likely N-dealkylation sites (tertiary alicyclic amines) is 1. The Kier molecular flexibility index (Phi) is 12.1. The molecular formula is C45H53ClN10O7. The van der Waals surface area contributed by atoms with E-state index in [0.717, 1.165) is 86.9 Å². The van der Waals surface area contributed by atoms with Crippen LogP contribution in [0.25, 0.3) is 10.9 Å². The normalized spacial score (nSPS) is 22.3. The summed E-state index contributed by atoms with van der Waals surface area (Å²) in [6.07, 6.45) is 10.1. The molecule has 18 heteroatoms. The Bertz CT molecular complexity index is 2490. The summed E-state index contributed by atoms with van der Waals surface area (Å²) in [5.74, 6) is 0.257. The van der Waals surface area contributed by atoms with Gasteiger partial charge in [0.15, 0.2) is 18.2 Å². The van der Waals surface area contributed by atoms with Gasteiger partial charge in [0.2, 0.25) is 17.8 Å². The van der Waals surface area contributed by atoms with Crippen molar-refractivity contribution >= 4 is 63.6 Å². The molecule has 63 heavy (non-hydrogen) atoms. The van der Waals surface area contributed by atoms with Gasteiger partial charge in [-0.2, -0.15) is 4.98 Å². The summed E-state index contributed by atoms with van der Waals surface area (Å²) in [5, 5.41) is 9.34. The molecule has 1 aliphatic carbocycles. The molecule has 9 rings (SSSR count). The lowest BCUT2D eigenvalue weighted by Gasteiger charge is -2.47. The third-order valence-corrected chi connectivity index (χ3v) is 13.5. The summed E-state index contributed by atoms with van der Waals surface area (Å²) in [7, 11) is 1.51. The molecule has 3 aromatic heterocycles. The number of ether oxygens (including phenoxy) is 2. The minimum absolute atomic E-state index is 0.0936. The van der Waals surface area contributed by atoms with Crippen molar-refractivity contribution in [1.82, 2.24) is 40.0 Å². The number of aromatic nitrogens is 4. The quantitative estimate of drug-likeness (QED) is 0.169. The first-order valence-electron chi connectivity index (χ1n) is 22.0. The van der Waals surface area contributed by atoms with Gasteiger partial charge in [-0.3, -0.25) is 34.3 Å². The van der Waals surface area contributed by atoms with E-state index in [1.165, 1.54) is 7.05 Å². The van der Waals surface area contributed by atoms with Crippen molar-refractivity contribution in [3.05, 3.63) is 74.9 Å². The maximum atomic E-state index is 13.2. The third kappa shape index (κ3) is 8.82. The number of rotatable bonds is 12. The molecule has 5 aliphatic rings. The van der Waals surface area contributed by atoms with Gasteiger partial charge in [0.25, 0.3) is 17.4 Å². The van der Waals surface area contributed by atoms with Gasteiger partial charge >= 0.3 is 0 Å². The van der Waals surface area contributed by atoms with E-state index < -0.39 is 11.9 Å². The van der Waals surface area contributed by atoms with Crippen molar-refractivity contribution in [1.29, 1.82) is 0 Å². The van der Waals surface area contributed by atoms with E-state index >= 15 is 0 Å². The molecule has 3 N–H and O–H groups in total. The average molecular weight is 881 g/mol. The first-order valence-corrected chi connectivity index (χ1v) is 22.4. The van der Waals surface area contributed by atoms with Crippen molar-refractivity contribution in [2.45, 2.75) is 108 Å². The smallest absolute Gasteiger partial charge is 0.293 e. The van der Waals surface area contributed by atoms with E-state index in [-0.39, 0.29) is 60.3 Å². The largest absolute Gasteiger partial charge is 0.478 e. The number of hydrogen-bond acceptors (Lipinski definition) is 13. The van der Waals surface area contributed by atoms with E-state index in [9.17, 15) is 24.0 Å². The maximum Gasteiger partial charge on any atom is 0.293 e. The molecule has 332 valence electrons. The number of fused-ring (bicyclic) bond motifs is 2. The van der Waals surface area contributed by atoms with Gasteiger partial charge in [0.1, 0.15) is 11.1 Å². The predicted molar refractivity (Wildman–Crippen MR) is 235 cm³/mol. The van der Waals surface area contributed by atoms with Gasteiger partial charge < -0.3 is 39.4 Å². The molecule has 4 amide bonds. The van der Waals surface area contributed by atoms with E-state index in [2.05, 4.69) is 36.8 Å². The average Bonchev–Trinajstić information content (AvgIpc) is 3.59. The number of halogens is 1. The van der Waals surface area contributed by atoms with Crippen LogP contribution >= 0.6 is 11.6 Å². The number of carbonyl (C=O) groups is 4. The van der Waals surface area contributed by atoms with Crippen LogP contribution in [0.3, 0.4) is 0 Å². The van der Waals surface area contributed by atoms with Crippen molar-refractivity contribution in [2.24, 2.45) is 0 Å². The van der Waals surface area contributed by atoms with Gasteiger partial charge in [0.05, 0.1) is 29.5 Å². The van der Waals surface area contributed by atoms with E-state index in [1.54, 1.807) is 27.9 Å². The number of imide groups is 1. The van der Waals surface area contributed by atoms with E-state index in [4.69, 9.17) is 31.0 Å². The number of likely N-dealkylation sites (N-methyl/N-ethyl adjacent to an activating group) is 1. The number of carbonyl (C=O) groups excluding carboxylic acids is 4. The Balaban J connectivity index is 0.739. The van der Waals surface area contributed by atoms with Crippen LogP contribution in [0, 0.1) is 0 Å². The van der Waals surface area contributed by atoms with Crippen molar-refractivity contribution in [3.63, 3.8) is 0 Å². The summed E-state index contributed by atoms with van der Waals surface area (Å²) >= 11 is 6.60. The zero-order valence-corrected chi connectivity index (χ0v) is 36.5. The second-order valence-electron chi connectivity index (χ2n) is 17.6. The van der Waals surface area contributed by atoms with Crippen LogP contribution in [-0.4, -0.2) is 117 Å². The van der Waals surface area contributed by atoms with Crippen LogP contribution in [0.1, 0.15) is 98.8 Å². The first kappa shape index (κ1) is 42.6. The Morgan fingerprint density at radius 3 is 2.46 bits per heavy atom. The summed E-state index contributed by atoms with van der Waals surface area (Å²) < 4.78 is 13.9. The van der Waals surface area contributed by atoms with E-state index in [1.807, 2.05) is 32.0 Å². The Hall–Kier alpha value is -5.65. The molecule has 4 fully saturated rings. The van der Waals surface area contributed by atoms with Crippen LogP contribution in [-0.2, 0) is 25.7 Å². The highest BCUT2D eigenvalue weighted by atomic mass is 35.5. The highest BCUT2D eigenvalue weighted by Gasteiger charge is 2.41. The number of hydrogen-bond donors (Lipinski definition) is 3. The van der Waals surface area contributed by atoms with Crippen LogP contribution in [0.5, 0.6) is 5.75 Å². The van der Waals surface area contributed by atoms with Gasteiger partial charge in [-0.1, -0.05) is 11.6 Å². The maximum absolute atomic E-state index is 13.2. The standard InChI is InChI=1S/C45H53ClN10O7/c1-25(2)56-36-5-4-29(16-27(36)18-38(44(56)61)62-24-40(58)47-3)50-41-34(46)22-49-45(52-41)54-14-10-31(11-15-54)63-32-19-30(20-32)53-12-8-26(9-13-53)35-17-28-23-55(43(60)33(28)21-48-35)37-6-7-39(57)51-42(37)59/h4-5,16-18,21-22,25-26,30-32,37H,6-15,19-20,23-24H2,1-3H3,(H,47,58)(H,49,50,52)(H,51,57,59)/t30?,32?,37-/m1/s1. The number of nitrogens with one attached hydrogen (secondary N) is 3. The lowest BCUT2D eigenvalue weighted by atomic mass is 9.84. The van der Waals surface area contributed by atoms with Crippen LogP contribution in [0.4, 0.5) is 17.5 Å². The van der Waals surface area contributed by atoms with Gasteiger partial charge in [-0.05, 0) is 108 Å². The number of benzene rings is 1. The van der Waals surface area contributed by atoms with Crippen LogP contribution in [0.15, 0.2) is 47.5 Å². The number of nitrogens with zero attached hydrogens (tertiary/aromatic N) is 7. The molecule has 0 spiro atoms. The predicted octanol–water partition coefficient (Wildman–Crippen LogP) is 4.45. The fourth-order valence-electron chi connectivity index (χ4n) is 9.64. The molecule has 0 unspecified atom stereocenters. The van der Waals surface area contributed by atoms with Crippen molar-refractivity contribution < 1.29 is 28.7 Å². The zero-order valence-electron chi connectivity index (χ0n) is 35.8. The minimum atomic E-state index is -0.625. The molecule has 3 saturated heterocycles. The Labute approximate surface area is 369 Å². The number of anilines is 3. The molecule has 4 aliphatic heterocycles. The van der Waals surface area contributed by atoms with Crippen LogP contribution in [0.2, 0.25) is 5.02 Å². The summed E-state index contributed by atoms with van der Waals surface area (Å²) in [4.78, 5) is 82.7. The monoisotopic (exact) mass is 880 g/mol. The van der Waals surface area contributed by atoms with Gasteiger partial charge in [0, 0.05) is 74.1 Å².